The van der Waals surface area contributed by atoms with Gasteiger partial charge in [-0.15, -0.1) is 0 Å². The van der Waals surface area contributed by atoms with Gasteiger partial charge in [-0.1, -0.05) is 45.7 Å². The number of hydrogen-bond acceptors (Lipinski definition) is 3. The Morgan fingerprint density at radius 1 is 1.30 bits per heavy atom. The van der Waals surface area contributed by atoms with Crippen LogP contribution in [0.2, 0.25) is 5.02 Å². The molecule has 0 saturated heterocycles. The highest BCUT2D eigenvalue weighted by Crippen LogP contribution is 2.28. The Kier molecular flexibility index (Phi) is 5.43. The number of nitrogens with one attached hydrogen (secondary N) is 1. The van der Waals surface area contributed by atoms with E-state index in [-0.39, 0.29) is 6.04 Å². The van der Waals surface area contributed by atoms with Gasteiger partial charge in [-0.3, -0.25) is 11.3 Å². The first-order valence-corrected chi connectivity index (χ1v) is 7.35. The zero-order valence-electron chi connectivity index (χ0n) is 11.1. The molecule has 0 spiro atoms. The molecule has 0 amide bonds. The maximum absolute atomic E-state index is 6.28. The van der Waals surface area contributed by atoms with E-state index in [0.717, 1.165) is 27.8 Å². The molecule has 3 nitrogen and oxygen atoms in total. The normalized spacial score (nSPS) is 12.2. The van der Waals surface area contributed by atoms with Gasteiger partial charge in [-0.25, -0.2) is 0 Å². The highest BCUT2D eigenvalue weighted by Gasteiger charge is 2.14. The molecule has 5 heteroatoms. The van der Waals surface area contributed by atoms with E-state index in [9.17, 15) is 0 Å². The molecule has 2 rings (SSSR count). The molecule has 20 heavy (non-hydrogen) atoms. The van der Waals surface area contributed by atoms with Crippen LogP contribution in [0.4, 0.5) is 0 Å². The number of ether oxygens (including phenoxy) is 1. The molecular weight excluding hydrogens is 340 g/mol. The van der Waals surface area contributed by atoms with Gasteiger partial charge in [0.2, 0.25) is 0 Å². The van der Waals surface area contributed by atoms with Crippen molar-refractivity contribution in [2.24, 2.45) is 5.84 Å². The van der Waals surface area contributed by atoms with Crippen LogP contribution in [-0.4, -0.2) is 7.11 Å². The Hall–Kier alpha value is -1.07. The highest BCUT2D eigenvalue weighted by atomic mass is 79.9. The molecule has 0 fully saturated rings. The van der Waals surface area contributed by atoms with Crippen molar-refractivity contribution in [2.75, 3.05) is 7.11 Å². The van der Waals surface area contributed by atoms with Crippen molar-refractivity contribution >= 4 is 27.5 Å². The Morgan fingerprint density at radius 3 is 2.75 bits per heavy atom. The van der Waals surface area contributed by atoms with Gasteiger partial charge in [0.15, 0.2) is 0 Å². The van der Waals surface area contributed by atoms with Crippen LogP contribution in [0, 0.1) is 0 Å². The molecule has 0 aliphatic rings. The minimum absolute atomic E-state index is 0.0530. The average Bonchev–Trinajstić information content (AvgIpc) is 2.45. The summed E-state index contributed by atoms with van der Waals surface area (Å²) in [6, 6.07) is 13.7. The van der Waals surface area contributed by atoms with E-state index in [2.05, 4.69) is 21.4 Å². The van der Waals surface area contributed by atoms with E-state index in [4.69, 9.17) is 22.2 Å². The number of rotatable bonds is 5. The lowest BCUT2D eigenvalue weighted by Gasteiger charge is -2.18. The first-order chi connectivity index (χ1) is 9.63. The van der Waals surface area contributed by atoms with Crippen LogP contribution in [0.25, 0.3) is 0 Å². The van der Waals surface area contributed by atoms with Crippen molar-refractivity contribution in [2.45, 2.75) is 12.5 Å². The van der Waals surface area contributed by atoms with Gasteiger partial charge < -0.3 is 4.74 Å². The number of methoxy groups -OCH3 is 1. The van der Waals surface area contributed by atoms with Crippen molar-refractivity contribution < 1.29 is 4.74 Å². The molecule has 0 saturated carbocycles. The molecule has 2 aromatic rings. The minimum Gasteiger partial charge on any atom is -0.497 e. The standard InChI is InChI=1S/C15H16BrClN2O/c1-20-12-4-2-3-10(7-12)8-15(19-18)13-6-5-11(16)9-14(13)17/h2-7,9,15,19H,8,18H2,1H3. The van der Waals surface area contributed by atoms with Gasteiger partial charge in [0.25, 0.3) is 0 Å². The number of benzene rings is 2. The molecule has 3 N–H and O–H groups in total. The summed E-state index contributed by atoms with van der Waals surface area (Å²) >= 11 is 9.68. The van der Waals surface area contributed by atoms with Crippen LogP contribution in [-0.2, 0) is 6.42 Å². The molecule has 0 aliphatic heterocycles. The Labute approximate surface area is 132 Å². The van der Waals surface area contributed by atoms with Crippen molar-refractivity contribution in [3.8, 4) is 5.75 Å². The summed E-state index contributed by atoms with van der Waals surface area (Å²) in [7, 11) is 1.66. The summed E-state index contributed by atoms with van der Waals surface area (Å²) in [5, 5.41) is 0.685. The highest BCUT2D eigenvalue weighted by molar-refractivity contribution is 9.10. The van der Waals surface area contributed by atoms with Gasteiger partial charge in [0.1, 0.15) is 5.75 Å². The minimum atomic E-state index is -0.0530. The Balaban J connectivity index is 2.23. The summed E-state index contributed by atoms with van der Waals surface area (Å²) < 4.78 is 6.18. The lowest BCUT2D eigenvalue weighted by atomic mass is 9.99. The van der Waals surface area contributed by atoms with Crippen molar-refractivity contribution in [1.82, 2.24) is 5.43 Å². The van der Waals surface area contributed by atoms with Crippen LogP contribution in [0.15, 0.2) is 46.9 Å². The van der Waals surface area contributed by atoms with E-state index < -0.39 is 0 Å². The van der Waals surface area contributed by atoms with Crippen molar-refractivity contribution in [3.05, 3.63) is 63.1 Å². The molecule has 106 valence electrons. The van der Waals surface area contributed by atoms with Crippen LogP contribution in [0.1, 0.15) is 17.2 Å². The fraction of sp³-hybridized carbons (Fsp3) is 0.200. The predicted molar refractivity (Wildman–Crippen MR) is 85.9 cm³/mol. The Morgan fingerprint density at radius 2 is 2.10 bits per heavy atom. The summed E-state index contributed by atoms with van der Waals surface area (Å²) in [6.07, 6.45) is 0.731. The molecule has 1 atom stereocenters. The van der Waals surface area contributed by atoms with Crippen LogP contribution in [0.5, 0.6) is 5.75 Å². The van der Waals surface area contributed by atoms with E-state index in [0.29, 0.717) is 5.02 Å². The summed E-state index contributed by atoms with van der Waals surface area (Å²) in [5.41, 5.74) is 4.93. The molecule has 0 aromatic heterocycles. The molecular formula is C15H16BrClN2O. The number of hydrazine groups is 1. The van der Waals surface area contributed by atoms with Crippen LogP contribution >= 0.6 is 27.5 Å². The van der Waals surface area contributed by atoms with Crippen LogP contribution < -0.4 is 16.0 Å². The van der Waals surface area contributed by atoms with Crippen LogP contribution in [0.3, 0.4) is 0 Å². The molecule has 2 aromatic carbocycles. The number of halogens is 2. The molecule has 0 heterocycles. The molecule has 0 radical (unpaired) electrons. The van der Waals surface area contributed by atoms with Gasteiger partial charge in [0.05, 0.1) is 13.2 Å². The van der Waals surface area contributed by atoms with Gasteiger partial charge in [0, 0.05) is 9.50 Å². The first kappa shape index (κ1) is 15.3. The second-order valence-corrected chi connectivity index (χ2v) is 5.76. The molecule has 0 bridgehead atoms. The van der Waals surface area contributed by atoms with Gasteiger partial charge >= 0.3 is 0 Å². The van der Waals surface area contributed by atoms with Crippen molar-refractivity contribution in [3.63, 3.8) is 0 Å². The number of hydrogen-bond donors (Lipinski definition) is 2. The summed E-state index contributed by atoms with van der Waals surface area (Å²) in [6.45, 7) is 0. The monoisotopic (exact) mass is 354 g/mol. The average molecular weight is 356 g/mol. The fourth-order valence-corrected chi connectivity index (χ4v) is 2.88. The lowest BCUT2D eigenvalue weighted by Crippen LogP contribution is -2.29. The number of nitrogens with two attached hydrogens (primary N) is 1. The third-order valence-electron chi connectivity index (χ3n) is 3.11. The summed E-state index contributed by atoms with van der Waals surface area (Å²) in [4.78, 5) is 0. The fourth-order valence-electron chi connectivity index (χ4n) is 2.08. The third kappa shape index (κ3) is 3.73. The second kappa shape index (κ2) is 7.09. The predicted octanol–water partition coefficient (Wildman–Crippen LogP) is 3.86. The van der Waals surface area contributed by atoms with E-state index in [1.807, 2.05) is 42.5 Å². The SMILES string of the molecule is COc1cccc(CC(NN)c2ccc(Br)cc2Cl)c1. The maximum Gasteiger partial charge on any atom is 0.119 e. The smallest absolute Gasteiger partial charge is 0.119 e. The molecule has 0 aliphatic carbocycles. The first-order valence-electron chi connectivity index (χ1n) is 6.18. The van der Waals surface area contributed by atoms with E-state index >= 15 is 0 Å². The van der Waals surface area contributed by atoms with Crippen molar-refractivity contribution in [1.29, 1.82) is 0 Å². The summed E-state index contributed by atoms with van der Waals surface area (Å²) in [5.74, 6) is 6.51. The van der Waals surface area contributed by atoms with E-state index in [1.165, 1.54) is 0 Å². The van der Waals surface area contributed by atoms with E-state index in [1.54, 1.807) is 7.11 Å². The van der Waals surface area contributed by atoms with Gasteiger partial charge in [-0.05, 0) is 41.8 Å². The second-order valence-electron chi connectivity index (χ2n) is 4.44. The zero-order valence-corrected chi connectivity index (χ0v) is 13.4. The third-order valence-corrected chi connectivity index (χ3v) is 3.93. The topological polar surface area (TPSA) is 47.3 Å². The zero-order chi connectivity index (χ0) is 14.5. The lowest BCUT2D eigenvalue weighted by molar-refractivity contribution is 0.414. The largest absolute Gasteiger partial charge is 0.497 e. The quantitative estimate of drug-likeness (QED) is 0.632. The molecule has 1 unspecified atom stereocenters. The Bertz CT molecular complexity index is 592. The maximum atomic E-state index is 6.28. The van der Waals surface area contributed by atoms with Gasteiger partial charge in [-0.2, -0.15) is 0 Å².